The van der Waals surface area contributed by atoms with Crippen molar-refractivity contribution in [2.24, 2.45) is 10.2 Å². The molecule has 190 valence electrons. The maximum atomic E-state index is 12.9. The number of hydrogen-bond donors (Lipinski definition) is 5. The van der Waals surface area contributed by atoms with Crippen LogP contribution in [0.5, 0.6) is 11.5 Å². The Morgan fingerprint density at radius 3 is 1.71 bits per heavy atom. The first-order valence-electron chi connectivity index (χ1n) is 11.3. The van der Waals surface area contributed by atoms with Crippen LogP contribution in [0.4, 0.5) is 11.4 Å². The molecule has 0 atom stereocenters. The molecule has 0 aromatic heterocycles. The number of nitrogens with zero attached hydrogens (tertiary/aromatic N) is 2. The topological polar surface area (TPSA) is 135 Å². The Balaban J connectivity index is 1.49. The largest absolute Gasteiger partial charge is 0.508 e. The summed E-state index contributed by atoms with van der Waals surface area (Å²) in [4.78, 5) is 25.7. The number of halogens is 1. The number of benzene rings is 4. The van der Waals surface area contributed by atoms with Gasteiger partial charge in [0, 0.05) is 5.02 Å². The standard InChI is InChI=1S/C28H22ClN5O4/c29-20-9-14-24(28(38)34-31-17-19-7-12-22(36)13-8-19)26(15-20)32-25-4-2-1-3-23(25)27(37)33-30-16-18-5-10-21(35)11-6-18/h1-17,32,35-36H,(H,33,37)(H,34,38)/b30-16+,31-17+. The van der Waals surface area contributed by atoms with Gasteiger partial charge in [0.05, 0.1) is 34.9 Å². The van der Waals surface area contributed by atoms with E-state index in [1.54, 1.807) is 66.7 Å². The van der Waals surface area contributed by atoms with E-state index in [4.69, 9.17) is 11.6 Å². The average Bonchev–Trinajstić information content (AvgIpc) is 2.91. The number of aromatic hydroxyl groups is 2. The Kier molecular flexibility index (Phi) is 8.32. The first-order valence-corrected chi connectivity index (χ1v) is 11.7. The second kappa shape index (κ2) is 12.2. The molecule has 4 rings (SSSR count). The summed E-state index contributed by atoms with van der Waals surface area (Å²) in [5.74, 6) is -0.722. The van der Waals surface area contributed by atoms with Crippen molar-refractivity contribution in [1.82, 2.24) is 10.9 Å². The summed E-state index contributed by atoms with van der Waals surface area (Å²) in [6, 6.07) is 24.1. The number of para-hydroxylation sites is 1. The van der Waals surface area contributed by atoms with Gasteiger partial charge in [-0.05, 0) is 90.0 Å². The first kappa shape index (κ1) is 25.9. The van der Waals surface area contributed by atoms with E-state index in [1.165, 1.54) is 36.7 Å². The van der Waals surface area contributed by atoms with Gasteiger partial charge in [-0.2, -0.15) is 10.2 Å². The average molecular weight is 528 g/mol. The normalized spacial score (nSPS) is 11.0. The lowest BCUT2D eigenvalue weighted by Crippen LogP contribution is -2.20. The SMILES string of the molecule is O=C(N/N=C/c1ccc(O)cc1)c1ccccc1Nc1cc(Cl)ccc1C(=O)N/N=C/c1ccc(O)cc1. The summed E-state index contributed by atoms with van der Waals surface area (Å²) in [7, 11) is 0. The van der Waals surface area contributed by atoms with E-state index in [1.807, 2.05) is 0 Å². The van der Waals surface area contributed by atoms with Gasteiger partial charge in [-0.1, -0.05) is 23.7 Å². The minimum Gasteiger partial charge on any atom is -0.508 e. The molecule has 10 heteroatoms. The molecule has 0 radical (unpaired) electrons. The summed E-state index contributed by atoms with van der Waals surface area (Å²) in [6.45, 7) is 0. The van der Waals surface area contributed by atoms with Crippen LogP contribution >= 0.6 is 11.6 Å². The van der Waals surface area contributed by atoms with Crippen LogP contribution in [0.15, 0.2) is 101 Å². The zero-order chi connectivity index (χ0) is 26.9. The van der Waals surface area contributed by atoms with Gasteiger partial charge < -0.3 is 15.5 Å². The zero-order valence-electron chi connectivity index (χ0n) is 19.8. The third kappa shape index (κ3) is 6.96. The quantitative estimate of drug-likeness (QED) is 0.162. The zero-order valence-corrected chi connectivity index (χ0v) is 20.6. The molecule has 0 aliphatic heterocycles. The molecule has 4 aromatic carbocycles. The fourth-order valence-electron chi connectivity index (χ4n) is 3.33. The van der Waals surface area contributed by atoms with Crippen LogP contribution in [-0.2, 0) is 0 Å². The van der Waals surface area contributed by atoms with E-state index >= 15 is 0 Å². The van der Waals surface area contributed by atoms with E-state index in [9.17, 15) is 19.8 Å². The van der Waals surface area contributed by atoms with Gasteiger partial charge in [0.1, 0.15) is 11.5 Å². The molecule has 0 heterocycles. The lowest BCUT2D eigenvalue weighted by Gasteiger charge is -2.14. The number of nitrogens with one attached hydrogen (secondary N) is 3. The maximum absolute atomic E-state index is 12.9. The third-order valence-electron chi connectivity index (χ3n) is 5.21. The van der Waals surface area contributed by atoms with Crippen LogP contribution in [0.1, 0.15) is 31.8 Å². The second-order valence-electron chi connectivity index (χ2n) is 7.94. The first-order chi connectivity index (χ1) is 18.4. The highest BCUT2D eigenvalue weighted by atomic mass is 35.5. The van der Waals surface area contributed by atoms with E-state index in [0.29, 0.717) is 27.5 Å². The van der Waals surface area contributed by atoms with Crippen LogP contribution < -0.4 is 16.2 Å². The molecule has 0 bridgehead atoms. The summed E-state index contributed by atoms with van der Waals surface area (Å²) < 4.78 is 0. The minimum atomic E-state index is -0.500. The molecule has 5 N–H and O–H groups in total. The van der Waals surface area contributed by atoms with Crippen molar-refractivity contribution in [2.45, 2.75) is 0 Å². The molecule has 2 amide bonds. The fourth-order valence-corrected chi connectivity index (χ4v) is 3.50. The van der Waals surface area contributed by atoms with Crippen molar-refractivity contribution in [2.75, 3.05) is 5.32 Å². The summed E-state index contributed by atoms with van der Waals surface area (Å²) in [5.41, 5.74) is 7.63. The fraction of sp³-hybridized carbons (Fsp3) is 0. The molecule has 4 aromatic rings. The Hall–Kier alpha value is -5.15. The van der Waals surface area contributed by atoms with Crippen LogP contribution in [0.25, 0.3) is 0 Å². The molecular weight excluding hydrogens is 506 g/mol. The number of rotatable bonds is 8. The molecule has 0 saturated heterocycles. The number of phenolic OH excluding ortho intramolecular Hbond substituents is 2. The molecular formula is C28H22ClN5O4. The van der Waals surface area contributed by atoms with Gasteiger partial charge in [0.25, 0.3) is 11.8 Å². The Morgan fingerprint density at radius 2 is 1.16 bits per heavy atom. The van der Waals surface area contributed by atoms with Crippen LogP contribution in [0.2, 0.25) is 5.02 Å². The van der Waals surface area contributed by atoms with Gasteiger partial charge in [0.15, 0.2) is 0 Å². The number of hydrogen-bond acceptors (Lipinski definition) is 7. The van der Waals surface area contributed by atoms with Crippen molar-refractivity contribution in [1.29, 1.82) is 0 Å². The van der Waals surface area contributed by atoms with Crippen molar-refractivity contribution in [3.63, 3.8) is 0 Å². The molecule has 0 aliphatic carbocycles. The minimum absolute atomic E-state index is 0.126. The summed E-state index contributed by atoms with van der Waals surface area (Å²) in [5, 5.41) is 30.2. The highest BCUT2D eigenvalue weighted by Crippen LogP contribution is 2.27. The highest BCUT2D eigenvalue weighted by Gasteiger charge is 2.15. The summed E-state index contributed by atoms with van der Waals surface area (Å²) in [6.07, 6.45) is 2.89. The van der Waals surface area contributed by atoms with Crippen molar-refractivity contribution < 1.29 is 19.8 Å². The van der Waals surface area contributed by atoms with E-state index in [-0.39, 0.29) is 22.6 Å². The second-order valence-corrected chi connectivity index (χ2v) is 8.38. The molecule has 0 spiro atoms. The van der Waals surface area contributed by atoms with Crippen molar-refractivity contribution in [3.05, 3.63) is 118 Å². The summed E-state index contributed by atoms with van der Waals surface area (Å²) >= 11 is 6.19. The number of hydrazone groups is 2. The van der Waals surface area contributed by atoms with Gasteiger partial charge in [-0.3, -0.25) is 9.59 Å². The highest BCUT2D eigenvalue weighted by molar-refractivity contribution is 6.31. The Morgan fingerprint density at radius 1 is 0.658 bits per heavy atom. The number of phenols is 2. The van der Waals surface area contributed by atoms with E-state index < -0.39 is 11.8 Å². The Labute approximate surface area is 223 Å². The van der Waals surface area contributed by atoms with Crippen LogP contribution in [0, 0.1) is 0 Å². The number of carbonyl (C=O) groups excluding carboxylic acids is 2. The molecule has 0 saturated carbocycles. The molecule has 38 heavy (non-hydrogen) atoms. The maximum Gasteiger partial charge on any atom is 0.273 e. The predicted molar refractivity (Wildman–Crippen MR) is 148 cm³/mol. The third-order valence-corrected chi connectivity index (χ3v) is 5.45. The van der Waals surface area contributed by atoms with Gasteiger partial charge in [-0.25, -0.2) is 10.9 Å². The molecule has 9 nitrogen and oxygen atoms in total. The van der Waals surface area contributed by atoms with Crippen molar-refractivity contribution >= 4 is 47.2 Å². The smallest absolute Gasteiger partial charge is 0.273 e. The number of amides is 2. The monoisotopic (exact) mass is 527 g/mol. The predicted octanol–water partition coefficient (Wildman–Crippen LogP) is 5.02. The number of anilines is 2. The van der Waals surface area contributed by atoms with Gasteiger partial charge in [-0.15, -0.1) is 0 Å². The molecule has 0 fully saturated rings. The van der Waals surface area contributed by atoms with E-state index in [2.05, 4.69) is 26.4 Å². The molecule has 0 aliphatic rings. The lowest BCUT2D eigenvalue weighted by atomic mass is 10.1. The Bertz CT molecular complexity index is 1500. The lowest BCUT2D eigenvalue weighted by molar-refractivity contribution is 0.0948. The van der Waals surface area contributed by atoms with Crippen LogP contribution in [0.3, 0.4) is 0 Å². The number of carbonyl (C=O) groups is 2. The van der Waals surface area contributed by atoms with Crippen molar-refractivity contribution in [3.8, 4) is 11.5 Å². The van der Waals surface area contributed by atoms with Gasteiger partial charge in [0.2, 0.25) is 0 Å². The van der Waals surface area contributed by atoms with Crippen LogP contribution in [-0.4, -0.2) is 34.5 Å². The molecule has 0 unspecified atom stereocenters. The van der Waals surface area contributed by atoms with Gasteiger partial charge >= 0.3 is 0 Å². The van der Waals surface area contributed by atoms with E-state index in [0.717, 1.165) is 0 Å².